The highest BCUT2D eigenvalue weighted by Gasteiger charge is 2.36. The summed E-state index contributed by atoms with van der Waals surface area (Å²) in [5.74, 6) is -1.40. The van der Waals surface area contributed by atoms with Crippen molar-refractivity contribution < 1.29 is 13.5 Å². The molecule has 5 rings (SSSR count). The number of nitrogens with one attached hydrogen (secondary N) is 1. The normalized spacial score (nSPS) is 18.8. The first-order valence-electron chi connectivity index (χ1n) is 10.7. The molecular weight excluding hydrogens is 438 g/mol. The van der Waals surface area contributed by atoms with E-state index in [4.69, 9.17) is 4.74 Å². The number of hydrogen-bond acceptors (Lipinski definition) is 6. The molecule has 0 bridgehead atoms. The SMILES string of the molecule is COc1cc2c(cc1Nc1ncc3cnn(C4CCC(F)(F)CC4)c3n1)CN(C)CC2.Cl. The largest absolute Gasteiger partial charge is 0.495 e. The fraction of sp³-hybridized carbons (Fsp3) is 0.500. The number of likely N-dealkylation sites (N-methyl/N-ethyl adjacent to an activating group) is 1. The Balaban J connectivity index is 0.00000245. The van der Waals surface area contributed by atoms with Gasteiger partial charge < -0.3 is 15.0 Å². The van der Waals surface area contributed by atoms with E-state index < -0.39 is 5.92 Å². The van der Waals surface area contributed by atoms with E-state index in [9.17, 15) is 8.78 Å². The molecule has 1 aliphatic heterocycles. The minimum Gasteiger partial charge on any atom is -0.495 e. The number of ether oxygens (including phenoxy) is 1. The molecule has 2 aliphatic rings. The molecule has 3 heterocycles. The Bertz CT molecular complexity index is 1110. The van der Waals surface area contributed by atoms with Gasteiger partial charge in [0, 0.05) is 32.1 Å². The number of alkyl halides is 2. The number of rotatable bonds is 4. The molecule has 10 heteroatoms. The number of hydrogen-bond donors (Lipinski definition) is 1. The fourth-order valence-electron chi connectivity index (χ4n) is 4.55. The van der Waals surface area contributed by atoms with E-state index in [1.54, 1.807) is 24.2 Å². The summed E-state index contributed by atoms with van der Waals surface area (Å²) in [6.45, 7) is 1.91. The molecule has 1 fully saturated rings. The maximum atomic E-state index is 13.6. The molecule has 0 atom stereocenters. The third kappa shape index (κ3) is 4.36. The quantitative estimate of drug-likeness (QED) is 0.601. The van der Waals surface area contributed by atoms with E-state index in [1.807, 2.05) is 0 Å². The van der Waals surface area contributed by atoms with Gasteiger partial charge in [-0.05, 0) is 49.6 Å². The van der Waals surface area contributed by atoms with Gasteiger partial charge in [-0.25, -0.2) is 18.4 Å². The van der Waals surface area contributed by atoms with Crippen LogP contribution in [0.4, 0.5) is 20.4 Å². The van der Waals surface area contributed by atoms with E-state index >= 15 is 0 Å². The molecule has 7 nitrogen and oxygen atoms in total. The zero-order chi connectivity index (χ0) is 21.6. The lowest BCUT2D eigenvalue weighted by atomic mass is 9.92. The van der Waals surface area contributed by atoms with E-state index in [-0.39, 0.29) is 31.3 Å². The van der Waals surface area contributed by atoms with Crippen LogP contribution in [0.25, 0.3) is 11.0 Å². The molecule has 0 spiro atoms. The summed E-state index contributed by atoms with van der Waals surface area (Å²) in [7, 11) is 3.76. The van der Waals surface area contributed by atoms with Crippen molar-refractivity contribution >= 4 is 35.1 Å². The van der Waals surface area contributed by atoms with E-state index in [2.05, 4.69) is 44.5 Å². The van der Waals surface area contributed by atoms with Crippen molar-refractivity contribution in [3.05, 3.63) is 35.7 Å². The zero-order valence-electron chi connectivity index (χ0n) is 18.1. The van der Waals surface area contributed by atoms with Crippen molar-refractivity contribution in [3.63, 3.8) is 0 Å². The third-order valence-electron chi connectivity index (χ3n) is 6.34. The minimum atomic E-state index is -2.57. The summed E-state index contributed by atoms with van der Waals surface area (Å²) in [6.07, 6.45) is 4.95. The lowest BCUT2D eigenvalue weighted by Crippen LogP contribution is -2.27. The highest BCUT2D eigenvalue weighted by atomic mass is 35.5. The second-order valence-electron chi connectivity index (χ2n) is 8.58. The van der Waals surface area contributed by atoms with E-state index in [0.717, 1.165) is 36.3 Å². The van der Waals surface area contributed by atoms with Gasteiger partial charge in [-0.15, -0.1) is 12.4 Å². The molecule has 1 saturated carbocycles. The first-order chi connectivity index (χ1) is 14.9. The average molecular weight is 465 g/mol. The van der Waals surface area contributed by atoms with Gasteiger partial charge >= 0.3 is 0 Å². The number of methoxy groups -OCH3 is 1. The van der Waals surface area contributed by atoms with Gasteiger partial charge in [-0.2, -0.15) is 10.1 Å². The number of nitrogens with zero attached hydrogens (tertiary/aromatic N) is 5. The fourth-order valence-corrected chi connectivity index (χ4v) is 4.55. The first kappa shape index (κ1) is 22.7. The standard InChI is InChI=1S/C22H26F2N6O.ClH/c1-29-8-5-14-10-19(31-2)18(9-15(14)13-29)27-21-25-11-16-12-26-30(20(16)28-21)17-3-6-22(23,24)7-4-17;/h9-12,17H,3-8,13H2,1-2H3,(H,25,27,28);1H. The predicted molar refractivity (Wildman–Crippen MR) is 121 cm³/mol. The monoisotopic (exact) mass is 464 g/mol. The number of halogens is 3. The molecular formula is C22H27ClF2N6O. The maximum absolute atomic E-state index is 13.6. The Morgan fingerprint density at radius 1 is 1.16 bits per heavy atom. The minimum absolute atomic E-state index is 0. The Kier molecular flexibility index (Phi) is 6.22. The lowest BCUT2D eigenvalue weighted by Gasteiger charge is -2.28. The van der Waals surface area contributed by atoms with Crippen molar-refractivity contribution in [2.75, 3.05) is 26.0 Å². The predicted octanol–water partition coefficient (Wildman–Crippen LogP) is 4.74. The third-order valence-corrected chi connectivity index (χ3v) is 6.34. The Morgan fingerprint density at radius 2 is 1.94 bits per heavy atom. The van der Waals surface area contributed by atoms with Gasteiger partial charge in [-0.1, -0.05) is 0 Å². The molecule has 1 N–H and O–H groups in total. The van der Waals surface area contributed by atoms with Crippen LogP contribution in [0.1, 0.15) is 42.9 Å². The van der Waals surface area contributed by atoms with Crippen LogP contribution in [0.3, 0.4) is 0 Å². The second-order valence-corrected chi connectivity index (χ2v) is 8.58. The Morgan fingerprint density at radius 3 is 2.69 bits per heavy atom. The summed E-state index contributed by atoms with van der Waals surface area (Å²) in [5, 5.41) is 8.51. The van der Waals surface area contributed by atoms with E-state index in [0.29, 0.717) is 24.4 Å². The van der Waals surface area contributed by atoms with Crippen molar-refractivity contribution in [3.8, 4) is 5.75 Å². The topological polar surface area (TPSA) is 68.1 Å². The van der Waals surface area contributed by atoms with Crippen LogP contribution in [0.15, 0.2) is 24.5 Å². The summed E-state index contributed by atoms with van der Waals surface area (Å²) in [5.41, 5.74) is 4.01. The van der Waals surface area contributed by atoms with Gasteiger partial charge in [0.2, 0.25) is 11.9 Å². The van der Waals surface area contributed by atoms with Crippen LogP contribution in [0.5, 0.6) is 5.75 Å². The molecule has 0 amide bonds. The van der Waals surface area contributed by atoms with Crippen LogP contribution in [0, 0.1) is 0 Å². The Labute approximate surface area is 191 Å². The van der Waals surface area contributed by atoms with Crippen molar-refractivity contribution in [1.29, 1.82) is 0 Å². The summed E-state index contributed by atoms with van der Waals surface area (Å²) in [4.78, 5) is 11.4. The molecule has 1 aliphatic carbocycles. The molecule has 0 radical (unpaired) electrons. The lowest BCUT2D eigenvalue weighted by molar-refractivity contribution is -0.0446. The summed E-state index contributed by atoms with van der Waals surface area (Å²) >= 11 is 0. The molecule has 0 saturated heterocycles. The molecule has 32 heavy (non-hydrogen) atoms. The van der Waals surface area contributed by atoms with Gasteiger partial charge in [0.25, 0.3) is 0 Å². The highest BCUT2D eigenvalue weighted by Crippen LogP contribution is 2.39. The molecule has 2 aromatic heterocycles. The smallest absolute Gasteiger partial charge is 0.248 e. The van der Waals surface area contributed by atoms with Gasteiger partial charge in [0.15, 0.2) is 5.65 Å². The van der Waals surface area contributed by atoms with Gasteiger partial charge in [0.1, 0.15) is 5.75 Å². The van der Waals surface area contributed by atoms with Crippen LogP contribution < -0.4 is 10.1 Å². The number of fused-ring (bicyclic) bond motifs is 2. The van der Waals surface area contributed by atoms with Crippen molar-refractivity contribution in [2.24, 2.45) is 0 Å². The number of aromatic nitrogens is 4. The Hall–Kier alpha value is -2.52. The van der Waals surface area contributed by atoms with Crippen LogP contribution >= 0.6 is 12.4 Å². The van der Waals surface area contributed by atoms with Crippen molar-refractivity contribution in [2.45, 2.75) is 50.6 Å². The first-order valence-corrected chi connectivity index (χ1v) is 10.7. The van der Waals surface area contributed by atoms with Crippen molar-refractivity contribution in [1.82, 2.24) is 24.6 Å². The van der Waals surface area contributed by atoms with E-state index in [1.165, 1.54) is 11.1 Å². The summed E-state index contributed by atoms with van der Waals surface area (Å²) < 4.78 is 34.5. The maximum Gasteiger partial charge on any atom is 0.248 e. The summed E-state index contributed by atoms with van der Waals surface area (Å²) in [6, 6.07) is 4.10. The molecule has 0 unspecified atom stereocenters. The van der Waals surface area contributed by atoms with Gasteiger partial charge in [-0.3, -0.25) is 0 Å². The second kappa shape index (κ2) is 8.78. The highest BCUT2D eigenvalue weighted by molar-refractivity contribution is 5.85. The average Bonchev–Trinajstić information content (AvgIpc) is 3.16. The van der Waals surface area contributed by atoms with Crippen LogP contribution in [0.2, 0.25) is 0 Å². The van der Waals surface area contributed by atoms with Crippen LogP contribution in [-0.4, -0.2) is 51.3 Å². The van der Waals surface area contributed by atoms with Gasteiger partial charge in [0.05, 0.1) is 30.4 Å². The number of benzene rings is 1. The molecule has 172 valence electrons. The zero-order valence-corrected chi connectivity index (χ0v) is 19.0. The molecule has 1 aromatic carbocycles. The number of anilines is 2. The molecule has 3 aromatic rings. The van der Waals surface area contributed by atoms with Crippen LogP contribution in [-0.2, 0) is 13.0 Å².